The predicted molar refractivity (Wildman–Crippen MR) is 130 cm³/mol. The highest BCUT2D eigenvalue weighted by Gasteiger charge is 2.56. The van der Waals surface area contributed by atoms with E-state index in [1.54, 1.807) is 0 Å². The van der Waals surface area contributed by atoms with Gasteiger partial charge in [0, 0.05) is 0 Å². The highest BCUT2D eigenvalue weighted by Crippen LogP contribution is 2.54. The van der Waals surface area contributed by atoms with Crippen LogP contribution in [0.3, 0.4) is 0 Å². The molecule has 4 aliphatic carbocycles. The maximum atomic E-state index is 13.6. The molecular formula is C29H48O4. The van der Waals surface area contributed by atoms with Crippen LogP contribution in [0.15, 0.2) is 0 Å². The van der Waals surface area contributed by atoms with Gasteiger partial charge in [-0.3, -0.25) is 9.59 Å². The van der Waals surface area contributed by atoms with Crippen molar-refractivity contribution >= 4 is 11.9 Å². The molecule has 0 aromatic carbocycles. The minimum Gasteiger partial charge on any atom is -0.462 e. The maximum absolute atomic E-state index is 13.6. The van der Waals surface area contributed by atoms with Crippen molar-refractivity contribution in [2.45, 2.75) is 112 Å². The van der Waals surface area contributed by atoms with E-state index < -0.39 is 0 Å². The maximum Gasteiger partial charge on any atom is 0.310 e. The summed E-state index contributed by atoms with van der Waals surface area (Å²) in [6, 6.07) is 0. The largest absolute Gasteiger partial charge is 0.462 e. The molecule has 33 heavy (non-hydrogen) atoms. The fourth-order valence-corrected chi connectivity index (χ4v) is 7.93. The fourth-order valence-electron chi connectivity index (χ4n) is 7.93. The van der Waals surface area contributed by atoms with E-state index in [1.165, 1.54) is 12.8 Å². The Balaban J connectivity index is 1.46. The van der Waals surface area contributed by atoms with Gasteiger partial charge in [-0.15, -0.1) is 0 Å². The molecule has 0 amide bonds. The van der Waals surface area contributed by atoms with Crippen LogP contribution in [0, 0.1) is 59.2 Å². The van der Waals surface area contributed by atoms with E-state index in [4.69, 9.17) is 9.47 Å². The first-order chi connectivity index (χ1) is 15.7. The second-order valence-electron chi connectivity index (χ2n) is 13.0. The standard InChI is InChI=1S/C29H48O4/c1-16(2)22-11-7-18(5)13-24(22)32-28(30)26-20-9-10-21(15-20)27(26)29(31)33-25-14-19(6)8-12-23(25)17(3)4/h16-27H,7-15H2,1-6H3/t18-,19-,20-,21+,22+,23+,24-,25-,26+,27+/m1/s1. The SMILES string of the molecule is CC(C)[C@@H]1CC[C@@H](C)C[C@H]1OC(=O)[C@H]1[C@@H]2CC[C@@H](C2)[C@@H]1C(=O)O[C@@H]1C[C@H](C)CC[C@H]1C(C)C. The molecule has 0 unspecified atom stereocenters. The number of fused-ring (bicyclic) bond motifs is 2. The van der Waals surface area contributed by atoms with E-state index in [-0.39, 0.29) is 36.0 Å². The van der Waals surface area contributed by atoms with E-state index in [1.807, 2.05) is 0 Å². The molecular weight excluding hydrogens is 412 g/mol. The number of carbonyl (C=O) groups is 2. The van der Waals surface area contributed by atoms with Crippen LogP contribution in [0.5, 0.6) is 0 Å². The lowest BCUT2D eigenvalue weighted by atomic mass is 9.74. The van der Waals surface area contributed by atoms with Gasteiger partial charge in [0.2, 0.25) is 0 Å². The van der Waals surface area contributed by atoms with Crippen LogP contribution in [-0.2, 0) is 19.1 Å². The molecule has 10 atom stereocenters. The number of ether oxygens (including phenoxy) is 2. The fraction of sp³-hybridized carbons (Fsp3) is 0.931. The normalized spacial score (nSPS) is 43.2. The molecule has 0 saturated heterocycles. The molecule has 0 heterocycles. The Morgan fingerprint density at radius 1 is 0.606 bits per heavy atom. The van der Waals surface area contributed by atoms with Gasteiger partial charge in [-0.2, -0.15) is 0 Å². The second-order valence-corrected chi connectivity index (χ2v) is 13.0. The highest BCUT2D eigenvalue weighted by molar-refractivity contribution is 5.84. The van der Waals surface area contributed by atoms with Gasteiger partial charge in [-0.05, 0) is 92.3 Å². The molecule has 2 bridgehead atoms. The smallest absolute Gasteiger partial charge is 0.310 e. The van der Waals surface area contributed by atoms with Gasteiger partial charge in [-0.1, -0.05) is 54.4 Å². The molecule has 0 N–H and O–H groups in total. The molecule has 0 spiro atoms. The lowest BCUT2D eigenvalue weighted by Gasteiger charge is -2.39. The van der Waals surface area contributed by atoms with E-state index in [2.05, 4.69) is 41.5 Å². The summed E-state index contributed by atoms with van der Waals surface area (Å²) >= 11 is 0. The third-order valence-electron chi connectivity index (χ3n) is 9.92. The lowest BCUT2D eigenvalue weighted by Crippen LogP contribution is -2.43. The number of rotatable bonds is 6. The van der Waals surface area contributed by atoms with Gasteiger partial charge in [0.15, 0.2) is 0 Å². The molecule has 4 fully saturated rings. The van der Waals surface area contributed by atoms with Gasteiger partial charge >= 0.3 is 11.9 Å². The molecule has 0 aromatic heterocycles. The summed E-state index contributed by atoms with van der Waals surface area (Å²) < 4.78 is 12.5. The number of hydrogen-bond acceptors (Lipinski definition) is 4. The van der Waals surface area contributed by atoms with Gasteiger partial charge in [0.25, 0.3) is 0 Å². The summed E-state index contributed by atoms with van der Waals surface area (Å²) in [4.78, 5) is 27.2. The van der Waals surface area contributed by atoms with E-state index in [9.17, 15) is 9.59 Å². The molecule has 0 radical (unpaired) electrons. The zero-order valence-electron chi connectivity index (χ0n) is 21.9. The van der Waals surface area contributed by atoms with E-state index in [0.717, 1.165) is 44.9 Å². The lowest BCUT2D eigenvalue weighted by molar-refractivity contribution is -0.176. The first-order valence-electron chi connectivity index (χ1n) is 14.1. The van der Waals surface area contributed by atoms with Crippen LogP contribution in [0.1, 0.15) is 99.3 Å². The van der Waals surface area contributed by atoms with E-state index in [0.29, 0.717) is 47.3 Å². The molecule has 4 rings (SSSR count). The van der Waals surface area contributed by atoms with Crippen LogP contribution < -0.4 is 0 Å². The second kappa shape index (κ2) is 10.3. The zero-order chi connectivity index (χ0) is 23.9. The molecule has 0 aliphatic heterocycles. The van der Waals surface area contributed by atoms with Gasteiger partial charge < -0.3 is 9.47 Å². The van der Waals surface area contributed by atoms with Crippen molar-refractivity contribution in [3.05, 3.63) is 0 Å². The molecule has 4 saturated carbocycles. The van der Waals surface area contributed by atoms with E-state index >= 15 is 0 Å². The number of esters is 2. The Kier molecular flexibility index (Phi) is 7.80. The van der Waals surface area contributed by atoms with Crippen LogP contribution in [0.2, 0.25) is 0 Å². The van der Waals surface area contributed by atoms with Gasteiger partial charge in [-0.25, -0.2) is 0 Å². The van der Waals surface area contributed by atoms with Crippen molar-refractivity contribution < 1.29 is 19.1 Å². The van der Waals surface area contributed by atoms with Crippen LogP contribution in [0.25, 0.3) is 0 Å². The average molecular weight is 461 g/mol. The summed E-state index contributed by atoms with van der Waals surface area (Å²) in [5.41, 5.74) is 0. The third-order valence-corrected chi connectivity index (χ3v) is 9.92. The average Bonchev–Trinajstić information content (AvgIpc) is 3.35. The minimum absolute atomic E-state index is 0.00145. The summed E-state index contributed by atoms with van der Waals surface area (Å²) in [5, 5.41) is 0. The summed E-state index contributed by atoms with van der Waals surface area (Å²) in [6.45, 7) is 13.5. The van der Waals surface area contributed by atoms with Crippen LogP contribution in [-0.4, -0.2) is 24.1 Å². The predicted octanol–water partition coefficient (Wildman–Crippen LogP) is 6.66. The first-order valence-corrected chi connectivity index (χ1v) is 14.1. The first kappa shape index (κ1) is 25.0. The summed E-state index contributed by atoms with van der Waals surface area (Å²) in [7, 11) is 0. The van der Waals surface area contributed by atoms with Crippen molar-refractivity contribution in [2.24, 2.45) is 59.2 Å². The van der Waals surface area contributed by atoms with Crippen LogP contribution in [0.4, 0.5) is 0 Å². The Morgan fingerprint density at radius 3 is 1.36 bits per heavy atom. The summed E-state index contributed by atoms with van der Waals surface area (Å²) in [5.74, 6) is 2.88. The molecule has 188 valence electrons. The Hall–Kier alpha value is -1.06. The monoisotopic (exact) mass is 460 g/mol. The van der Waals surface area contributed by atoms with Crippen molar-refractivity contribution in [1.29, 1.82) is 0 Å². The topological polar surface area (TPSA) is 52.6 Å². The van der Waals surface area contributed by atoms with Crippen molar-refractivity contribution in [3.63, 3.8) is 0 Å². The van der Waals surface area contributed by atoms with Crippen molar-refractivity contribution in [2.75, 3.05) is 0 Å². The Labute approximate surface area is 201 Å². The van der Waals surface area contributed by atoms with Crippen LogP contribution >= 0.6 is 0 Å². The quantitative estimate of drug-likeness (QED) is 0.416. The Morgan fingerprint density at radius 2 is 1.00 bits per heavy atom. The molecule has 4 heteroatoms. The summed E-state index contributed by atoms with van der Waals surface area (Å²) in [6.07, 6.45) is 9.72. The number of carbonyl (C=O) groups excluding carboxylic acids is 2. The number of hydrogen-bond donors (Lipinski definition) is 0. The van der Waals surface area contributed by atoms with Gasteiger partial charge in [0.05, 0.1) is 11.8 Å². The third kappa shape index (κ3) is 5.30. The molecule has 4 aliphatic rings. The van der Waals surface area contributed by atoms with Crippen molar-refractivity contribution in [3.8, 4) is 0 Å². The van der Waals surface area contributed by atoms with Crippen molar-refractivity contribution in [1.82, 2.24) is 0 Å². The minimum atomic E-state index is -0.292. The zero-order valence-corrected chi connectivity index (χ0v) is 21.9. The molecule has 0 aromatic rings. The molecule has 4 nitrogen and oxygen atoms in total. The highest BCUT2D eigenvalue weighted by atomic mass is 16.6. The Bertz CT molecular complexity index is 642. The van der Waals surface area contributed by atoms with Gasteiger partial charge in [0.1, 0.15) is 12.2 Å².